The first kappa shape index (κ1) is 29.8. The highest BCUT2D eigenvalue weighted by molar-refractivity contribution is 5.83. The van der Waals surface area contributed by atoms with Gasteiger partial charge in [-0.15, -0.1) is 0 Å². The Kier molecular flexibility index (Phi) is 8.48. The molecule has 4 nitrogen and oxygen atoms in total. The van der Waals surface area contributed by atoms with Gasteiger partial charge in [-0.2, -0.15) is 0 Å². The van der Waals surface area contributed by atoms with E-state index in [-0.39, 0.29) is 40.9 Å². The zero-order chi connectivity index (χ0) is 30.1. The summed E-state index contributed by atoms with van der Waals surface area (Å²) in [5.41, 5.74) is 6.61. The van der Waals surface area contributed by atoms with E-state index < -0.39 is 0 Å². The van der Waals surface area contributed by atoms with E-state index in [1.807, 2.05) is 19.1 Å². The van der Waals surface area contributed by atoms with Crippen LogP contribution in [-0.4, -0.2) is 24.7 Å². The Labute approximate surface area is 252 Å². The van der Waals surface area contributed by atoms with Crippen molar-refractivity contribution in [1.29, 1.82) is 0 Å². The van der Waals surface area contributed by atoms with Crippen LogP contribution in [0.4, 0.5) is 4.79 Å². The molecule has 2 amide bonds. The Morgan fingerprint density at radius 2 is 1.26 bits per heavy atom. The lowest BCUT2D eigenvalue weighted by atomic mass is 9.80. The van der Waals surface area contributed by atoms with Crippen molar-refractivity contribution in [1.82, 2.24) is 16.0 Å². The molecule has 3 atom stereocenters. The Bertz CT molecular complexity index is 1450. The van der Waals surface area contributed by atoms with E-state index >= 15 is 0 Å². The smallest absolute Gasteiger partial charge is 0.315 e. The topological polar surface area (TPSA) is 53.2 Å². The maximum atomic E-state index is 13.1. The Morgan fingerprint density at radius 1 is 0.738 bits per heavy atom. The summed E-state index contributed by atoms with van der Waals surface area (Å²) < 4.78 is 0. The van der Waals surface area contributed by atoms with E-state index in [9.17, 15) is 4.79 Å². The van der Waals surface area contributed by atoms with E-state index in [1.165, 1.54) is 33.0 Å². The molecule has 4 aromatic carbocycles. The Balaban J connectivity index is 1.29. The molecule has 5 rings (SSSR count). The summed E-state index contributed by atoms with van der Waals surface area (Å²) in [7, 11) is 0. The summed E-state index contributed by atoms with van der Waals surface area (Å²) in [4.78, 5) is 13.1. The van der Waals surface area contributed by atoms with Crippen LogP contribution in [0.15, 0.2) is 91.0 Å². The predicted molar refractivity (Wildman–Crippen MR) is 176 cm³/mol. The van der Waals surface area contributed by atoms with Crippen molar-refractivity contribution in [3.05, 3.63) is 119 Å². The average Bonchev–Trinajstić information content (AvgIpc) is 3.40. The zero-order valence-corrected chi connectivity index (χ0v) is 26.3. The third-order valence-electron chi connectivity index (χ3n) is 8.80. The number of carbonyl (C=O) groups excluding carboxylic acids is 1. The molecular formula is C38H47N3O. The molecule has 1 aliphatic rings. The van der Waals surface area contributed by atoms with Crippen LogP contribution in [0.3, 0.4) is 0 Å². The van der Waals surface area contributed by atoms with E-state index in [2.05, 4.69) is 136 Å². The molecule has 220 valence electrons. The fraction of sp³-hybridized carbons (Fsp3) is 0.395. The van der Waals surface area contributed by atoms with Crippen molar-refractivity contribution < 1.29 is 4.79 Å². The van der Waals surface area contributed by atoms with Gasteiger partial charge < -0.3 is 16.0 Å². The first-order chi connectivity index (χ1) is 19.9. The Hall–Kier alpha value is -3.63. The molecule has 1 heterocycles. The number of amides is 2. The second kappa shape index (κ2) is 11.9. The molecule has 0 unspecified atom stereocenters. The second-order valence-corrected chi connectivity index (χ2v) is 14.1. The van der Waals surface area contributed by atoms with E-state index in [0.29, 0.717) is 0 Å². The molecule has 1 aliphatic heterocycles. The lowest BCUT2D eigenvalue weighted by molar-refractivity contribution is 0.234. The quantitative estimate of drug-likeness (QED) is 0.222. The maximum absolute atomic E-state index is 13.1. The van der Waals surface area contributed by atoms with E-state index in [1.54, 1.807) is 0 Å². The first-order valence-electron chi connectivity index (χ1n) is 15.4. The summed E-state index contributed by atoms with van der Waals surface area (Å²) in [5.74, 6) is 0.194. The molecule has 1 fully saturated rings. The summed E-state index contributed by atoms with van der Waals surface area (Å²) in [6.07, 6.45) is 0.866. The molecule has 0 radical (unpaired) electrons. The van der Waals surface area contributed by atoms with Gasteiger partial charge in [0.05, 0.1) is 6.04 Å². The number of hydrogen-bond donors (Lipinski definition) is 3. The lowest BCUT2D eigenvalue weighted by Gasteiger charge is -2.28. The number of rotatable bonds is 6. The highest BCUT2D eigenvalue weighted by atomic mass is 16.2. The van der Waals surface area contributed by atoms with Gasteiger partial charge >= 0.3 is 6.03 Å². The molecule has 0 bridgehead atoms. The number of fused-ring (bicyclic) bond motifs is 1. The minimum Gasteiger partial charge on any atom is -0.334 e. The molecule has 4 aromatic rings. The number of carbonyl (C=O) groups is 1. The van der Waals surface area contributed by atoms with Gasteiger partial charge in [-0.25, -0.2) is 4.79 Å². The molecule has 0 spiro atoms. The van der Waals surface area contributed by atoms with Crippen molar-refractivity contribution in [3.8, 4) is 0 Å². The lowest BCUT2D eigenvalue weighted by Crippen LogP contribution is -2.43. The van der Waals surface area contributed by atoms with Crippen molar-refractivity contribution in [3.63, 3.8) is 0 Å². The highest BCUT2D eigenvalue weighted by Crippen LogP contribution is 2.35. The second-order valence-electron chi connectivity index (χ2n) is 14.1. The summed E-state index contributed by atoms with van der Waals surface area (Å²) in [6, 6.07) is 33.0. The SMILES string of the molecule is C[C@@H](NC(=O)N[C@H]1CN[C@@H](C(c2ccc(C(C)(C)C)cc2)c2ccc(C(C)(C)C)cc2)C1)c1ccc2ccccc2c1. The van der Waals surface area contributed by atoms with Crippen LogP contribution in [0, 0.1) is 0 Å². The predicted octanol–water partition coefficient (Wildman–Crippen LogP) is 8.36. The highest BCUT2D eigenvalue weighted by Gasteiger charge is 2.33. The van der Waals surface area contributed by atoms with Gasteiger partial charge in [-0.05, 0) is 68.8 Å². The van der Waals surface area contributed by atoms with Crippen LogP contribution in [0.1, 0.15) is 94.7 Å². The van der Waals surface area contributed by atoms with Crippen LogP contribution < -0.4 is 16.0 Å². The van der Waals surface area contributed by atoms with Crippen LogP contribution in [0.2, 0.25) is 0 Å². The van der Waals surface area contributed by atoms with Crippen molar-refractivity contribution in [2.24, 2.45) is 0 Å². The molecule has 42 heavy (non-hydrogen) atoms. The van der Waals surface area contributed by atoms with Crippen LogP contribution in [0.5, 0.6) is 0 Å². The largest absolute Gasteiger partial charge is 0.334 e. The zero-order valence-electron chi connectivity index (χ0n) is 26.3. The standard InChI is InChI=1S/C38H47N3O/c1-25(29-13-12-26-10-8-9-11-30(26)22-29)40-36(42)41-33-23-34(39-24-33)35(27-14-18-31(19-15-27)37(2,3)4)28-16-20-32(21-17-28)38(5,6)7/h8-22,25,33-35,39H,23-24H2,1-7H3,(H2,40,41,42)/t25-,33-,34-/m1/s1. The normalized spacial score (nSPS) is 18.3. The number of hydrogen-bond acceptors (Lipinski definition) is 2. The average molecular weight is 562 g/mol. The van der Waals surface area contributed by atoms with E-state index in [0.717, 1.165) is 18.5 Å². The molecule has 0 aliphatic carbocycles. The van der Waals surface area contributed by atoms with Gasteiger partial charge in [-0.1, -0.05) is 126 Å². The minimum absolute atomic E-state index is 0.0593. The van der Waals surface area contributed by atoms with Gasteiger partial charge in [0.15, 0.2) is 0 Å². The fourth-order valence-electron chi connectivity index (χ4n) is 6.15. The van der Waals surface area contributed by atoms with Crippen LogP contribution >= 0.6 is 0 Å². The Morgan fingerprint density at radius 3 is 1.81 bits per heavy atom. The third-order valence-corrected chi connectivity index (χ3v) is 8.80. The number of benzene rings is 4. The number of nitrogens with one attached hydrogen (secondary N) is 3. The van der Waals surface area contributed by atoms with Crippen LogP contribution in [0.25, 0.3) is 10.8 Å². The minimum atomic E-state index is -0.122. The molecule has 0 aromatic heterocycles. The molecule has 0 saturated carbocycles. The van der Waals surface area contributed by atoms with Gasteiger partial charge in [0.2, 0.25) is 0 Å². The van der Waals surface area contributed by atoms with Crippen molar-refractivity contribution in [2.75, 3.05) is 6.54 Å². The first-order valence-corrected chi connectivity index (χ1v) is 15.4. The van der Waals surface area contributed by atoms with Gasteiger partial charge in [0, 0.05) is 24.5 Å². The van der Waals surface area contributed by atoms with Gasteiger partial charge in [-0.3, -0.25) is 0 Å². The van der Waals surface area contributed by atoms with Crippen molar-refractivity contribution in [2.45, 2.75) is 89.8 Å². The van der Waals surface area contributed by atoms with Gasteiger partial charge in [0.1, 0.15) is 0 Å². The van der Waals surface area contributed by atoms with Gasteiger partial charge in [0.25, 0.3) is 0 Å². The molecular weight excluding hydrogens is 514 g/mol. The summed E-state index contributed by atoms with van der Waals surface area (Å²) >= 11 is 0. The number of urea groups is 1. The molecule has 1 saturated heterocycles. The van der Waals surface area contributed by atoms with Crippen LogP contribution in [-0.2, 0) is 10.8 Å². The van der Waals surface area contributed by atoms with E-state index in [4.69, 9.17) is 0 Å². The third kappa shape index (κ3) is 6.87. The molecule has 3 N–H and O–H groups in total. The fourth-order valence-corrected chi connectivity index (χ4v) is 6.15. The summed E-state index contributed by atoms with van der Waals surface area (Å²) in [6.45, 7) is 16.3. The maximum Gasteiger partial charge on any atom is 0.315 e. The molecule has 4 heteroatoms. The summed E-state index contributed by atoms with van der Waals surface area (Å²) in [5, 5.41) is 12.6. The monoisotopic (exact) mass is 561 g/mol. The van der Waals surface area contributed by atoms with Crippen molar-refractivity contribution >= 4 is 16.8 Å².